The summed E-state index contributed by atoms with van der Waals surface area (Å²) in [7, 11) is 0. The summed E-state index contributed by atoms with van der Waals surface area (Å²) >= 11 is 0. The Kier molecular flexibility index (Phi) is 8.01. The Hall–Kier alpha value is -1.02. The molecule has 0 unspecified atom stereocenters. The first-order valence-corrected chi connectivity index (χ1v) is 10.7. The minimum Gasteiger partial charge on any atom is -0.463 e. The molecule has 2 nitrogen and oxygen atoms in total. The van der Waals surface area contributed by atoms with Crippen molar-refractivity contribution in [1.82, 2.24) is 0 Å². The Morgan fingerprint density at radius 1 is 0.923 bits per heavy atom. The molecule has 1 fully saturated rings. The molecule has 1 aliphatic carbocycles. The van der Waals surface area contributed by atoms with Gasteiger partial charge in [-0.1, -0.05) is 71.9 Å². The highest BCUT2D eigenvalue weighted by molar-refractivity contribution is 5.30. The molecule has 0 radical (unpaired) electrons. The van der Waals surface area contributed by atoms with Crippen LogP contribution in [0.2, 0.25) is 0 Å². The van der Waals surface area contributed by atoms with E-state index in [0.717, 1.165) is 24.7 Å². The molecule has 0 aliphatic heterocycles. The Labute approximate surface area is 161 Å². The third kappa shape index (κ3) is 6.61. The van der Waals surface area contributed by atoms with Crippen LogP contribution in [0, 0.1) is 17.8 Å². The fourth-order valence-electron chi connectivity index (χ4n) is 4.56. The smallest absolute Gasteiger partial charge is 0.204 e. The van der Waals surface area contributed by atoms with Gasteiger partial charge in [-0.2, -0.15) is 0 Å². The van der Waals surface area contributed by atoms with Gasteiger partial charge < -0.3 is 9.47 Å². The van der Waals surface area contributed by atoms with Crippen LogP contribution < -0.4 is 4.74 Å². The first-order valence-electron chi connectivity index (χ1n) is 10.7. The summed E-state index contributed by atoms with van der Waals surface area (Å²) < 4.78 is 12.2. The van der Waals surface area contributed by atoms with Crippen LogP contribution in [0.15, 0.2) is 24.3 Å². The molecule has 1 aliphatic rings. The third-order valence-corrected chi connectivity index (χ3v) is 5.77. The SMILES string of the molecule is CC(C)C(c1ccc(OC(C)(C)OCCC2CCCCC2)cc1)C(C)C. The molecule has 1 aromatic carbocycles. The summed E-state index contributed by atoms with van der Waals surface area (Å²) in [5.41, 5.74) is 1.40. The number of hydrogen-bond acceptors (Lipinski definition) is 2. The van der Waals surface area contributed by atoms with Crippen molar-refractivity contribution < 1.29 is 9.47 Å². The predicted molar refractivity (Wildman–Crippen MR) is 111 cm³/mol. The van der Waals surface area contributed by atoms with Crippen LogP contribution in [0.25, 0.3) is 0 Å². The molecule has 0 bridgehead atoms. The summed E-state index contributed by atoms with van der Waals surface area (Å²) in [6, 6.07) is 8.63. The zero-order valence-corrected chi connectivity index (χ0v) is 17.9. The highest BCUT2D eigenvalue weighted by Crippen LogP contribution is 2.33. The molecule has 2 heteroatoms. The van der Waals surface area contributed by atoms with Gasteiger partial charge in [-0.3, -0.25) is 0 Å². The van der Waals surface area contributed by atoms with Crippen molar-refractivity contribution in [2.45, 2.75) is 91.8 Å². The van der Waals surface area contributed by atoms with Gasteiger partial charge in [-0.15, -0.1) is 0 Å². The largest absolute Gasteiger partial charge is 0.463 e. The molecular weight excluding hydrogens is 320 g/mol. The van der Waals surface area contributed by atoms with E-state index in [4.69, 9.17) is 9.47 Å². The average molecular weight is 361 g/mol. The van der Waals surface area contributed by atoms with E-state index in [9.17, 15) is 0 Å². The summed E-state index contributed by atoms with van der Waals surface area (Å²) in [5.74, 6) is 3.03. The molecule has 148 valence electrons. The number of rotatable bonds is 9. The molecule has 0 aromatic heterocycles. The van der Waals surface area contributed by atoms with Crippen LogP contribution in [0.1, 0.15) is 91.5 Å². The lowest BCUT2D eigenvalue weighted by molar-refractivity contribution is -0.158. The zero-order valence-electron chi connectivity index (χ0n) is 17.9. The second kappa shape index (κ2) is 9.78. The van der Waals surface area contributed by atoms with Crippen molar-refractivity contribution >= 4 is 0 Å². The maximum atomic E-state index is 6.12. The minimum atomic E-state index is -0.578. The predicted octanol–water partition coefficient (Wildman–Crippen LogP) is 7.18. The molecular formula is C24H40O2. The maximum absolute atomic E-state index is 6.12. The van der Waals surface area contributed by atoms with Gasteiger partial charge >= 0.3 is 0 Å². The molecule has 0 N–H and O–H groups in total. The van der Waals surface area contributed by atoms with Crippen molar-refractivity contribution in [1.29, 1.82) is 0 Å². The van der Waals surface area contributed by atoms with Crippen LogP contribution in [-0.2, 0) is 4.74 Å². The van der Waals surface area contributed by atoms with E-state index in [2.05, 4.69) is 52.0 Å². The quantitative estimate of drug-likeness (QED) is 0.434. The topological polar surface area (TPSA) is 18.5 Å². The van der Waals surface area contributed by atoms with E-state index in [-0.39, 0.29) is 0 Å². The normalized spacial score (nSPS) is 16.7. The standard InChI is InChI=1S/C24H40O2/c1-18(2)23(19(3)4)21-12-14-22(15-13-21)26-24(5,6)25-17-16-20-10-8-7-9-11-20/h12-15,18-20,23H,7-11,16-17H2,1-6H3. The molecule has 0 heterocycles. The van der Waals surface area contributed by atoms with Crippen molar-refractivity contribution in [3.05, 3.63) is 29.8 Å². The fraction of sp³-hybridized carbons (Fsp3) is 0.750. The lowest BCUT2D eigenvalue weighted by atomic mass is 9.80. The Balaban J connectivity index is 1.85. The van der Waals surface area contributed by atoms with E-state index in [1.807, 2.05) is 13.8 Å². The number of ether oxygens (including phenoxy) is 2. The molecule has 0 amide bonds. The van der Waals surface area contributed by atoms with Crippen molar-refractivity contribution in [3.8, 4) is 5.75 Å². The first kappa shape index (κ1) is 21.3. The van der Waals surface area contributed by atoms with Gasteiger partial charge in [0.15, 0.2) is 0 Å². The highest BCUT2D eigenvalue weighted by atomic mass is 16.7. The second-order valence-electron chi connectivity index (χ2n) is 9.23. The minimum absolute atomic E-state index is 0.578. The lowest BCUT2D eigenvalue weighted by Gasteiger charge is -2.29. The third-order valence-electron chi connectivity index (χ3n) is 5.77. The Bertz CT molecular complexity index is 502. The van der Waals surface area contributed by atoms with E-state index in [1.165, 1.54) is 37.7 Å². The van der Waals surface area contributed by atoms with Crippen LogP contribution >= 0.6 is 0 Å². The van der Waals surface area contributed by atoms with E-state index < -0.39 is 5.79 Å². The van der Waals surface area contributed by atoms with Crippen LogP contribution in [0.3, 0.4) is 0 Å². The van der Waals surface area contributed by atoms with Gasteiger partial charge in [0, 0.05) is 13.8 Å². The zero-order chi connectivity index (χ0) is 19.2. The van der Waals surface area contributed by atoms with Gasteiger partial charge in [-0.25, -0.2) is 0 Å². The molecule has 0 spiro atoms. The van der Waals surface area contributed by atoms with Crippen LogP contribution in [-0.4, -0.2) is 12.4 Å². The average Bonchev–Trinajstić information content (AvgIpc) is 2.56. The summed E-state index contributed by atoms with van der Waals surface area (Å²) in [4.78, 5) is 0. The summed E-state index contributed by atoms with van der Waals surface area (Å²) in [6.45, 7) is 14.0. The van der Waals surface area contributed by atoms with Crippen molar-refractivity contribution in [2.75, 3.05) is 6.61 Å². The van der Waals surface area contributed by atoms with Gasteiger partial charge in [0.1, 0.15) is 5.75 Å². The van der Waals surface area contributed by atoms with Gasteiger partial charge in [0.25, 0.3) is 0 Å². The van der Waals surface area contributed by atoms with E-state index >= 15 is 0 Å². The lowest BCUT2D eigenvalue weighted by Crippen LogP contribution is -2.32. The van der Waals surface area contributed by atoms with Crippen LogP contribution in [0.5, 0.6) is 5.75 Å². The summed E-state index contributed by atoms with van der Waals surface area (Å²) in [6.07, 6.45) is 8.11. The second-order valence-corrected chi connectivity index (χ2v) is 9.23. The number of hydrogen-bond donors (Lipinski definition) is 0. The van der Waals surface area contributed by atoms with Gasteiger partial charge in [0.2, 0.25) is 5.79 Å². The van der Waals surface area contributed by atoms with Crippen LogP contribution in [0.4, 0.5) is 0 Å². The van der Waals surface area contributed by atoms with Crippen molar-refractivity contribution in [3.63, 3.8) is 0 Å². The monoisotopic (exact) mass is 360 g/mol. The van der Waals surface area contributed by atoms with Gasteiger partial charge in [-0.05, 0) is 47.8 Å². The molecule has 26 heavy (non-hydrogen) atoms. The molecule has 0 atom stereocenters. The molecule has 0 saturated heterocycles. The Morgan fingerprint density at radius 2 is 1.50 bits per heavy atom. The van der Waals surface area contributed by atoms with E-state index in [0.29, 0.717) is 17.8 Å². The Morgan fingerprint density at radius 3 is 2.04 bits per heavy atom. The van der Waals surface area contributed by atoms with Crippen molar-refractivity contribution in [2.24, 2.45) is 17.8 Å². The van der Waals surface area contributed by atoms with Gasteiger partial charge in [0.05, 0.1) is 6.61 Å². The number of benzene rings is 1. The fourth-order valence-corrected chi connectivity index (χ4v) is 4.56. The molecule has 1 aromatic rings. The maximum Gasteiger partial charge on any atom is 0.204 e. The molecule has 1 saturated carbocycles. The summed E-state index contributed by atoms with van der Waals surface area (Å²) in [5, 5.41) is 0. The highest BCUT2D eigenvalue weighted by Gasteiger charge is 2.23. The molecule has 2 rings (SSSR count). The van der Waals surface area contributed by atoms with E-state index in [1.54, 1.807) is 0 Å². The first-order chi connectivity index (χ1) is 12.3.